The quantitative estimate of drug-likeness (QED) is 0.789. The number of aromatic amines is 1. The Balaban J connectivity index is 2.15. The van der Waals surface area contributed by atoms with Crippen molar-refractivity contribution in [1.29, 1.82) is 0 Å². The number of halogens is 1. The van der Waals surface area contributed by atoms with Gasteiger partial charge in [-0.3, -0.25) is 0 Å². The van der Waals surface area contributed by atoms with Gasteiger partial charge in [0, 0.05) is 37.7 Å². The Morgan fingerprint density at radius 1 is 1.62 bits per heavy atom. The van der Waals surface area contributed by atoms with Crippen molar-refractivity contribution in [2.75, 3.05) is 20.0 Å². The molecule has 0 saturated carbocycles. The first kappa shape index (κ1) is 5.32. The second kappa shape index (κ2) is 3.59. The molecule has 2 heterocycles. The highest BCUT2D eigenvalue weighted by atomic mass is 19.1. The van der Waals surface area contributed by atoms with Crippen molar-refractivity contribution in [3.63, 3.8) is 0 Å². The standard InChI is InChI=1S/C13H15FN2/c1-16-6-5-9(8-16)10-7-15-12-4-2-3-11(14)13(10)12/h2-4,7,9,15H,5-6,8H2,1H3/i1D2,6D2,8D2. The van der Waals surface area contributed by atoms with E-state index >= 15 is 0 Å². The van der Waals surface area contributed by atoms with Crippen LogP contribution in [-0.2, 0) is 0 Å². The Hall–Kier alpha value is -1.35. The molecule has 0 radical (unpaired) electrons. The monoisotopic (exact) mass is 224 g/mol. The lowest BCUT2D eigenvalue weighted by molar-refractivity contribution is 0.412. The minimum atomic E-state index is -2.25. The van der Waals surface area contributed by atoms with Crippen LogP contribution in [0.1, 0.15) is 26.1 Å². The van der Waals surface area contributed by atoms with Gasteiger partial charge in [-0.25, -0.2) is 4.39 Å². The summed E-state index contributed by atoms with van der Waals surface area (Å²) in [5.41, 5.74) is 0.850. The number of aromatic nitrogens is 1. The average Bonchev–Trinajstić information content (AvgIpc) is 2.86. The smallest absolute Gasteiger partial charge is 0.132 e. The van der Waals surface area contributed by atoms with Crippen molar-refractivity contribution in [1.82, 2.24) is 9.88 Å². The van der Waals surface area contributed by atoms with E-state index in [0.29, 0.717) is 16.0 Å². The van der Waals surface area contributed by atoms with Crippen molar-refractivity contribution in [3.8, 4) is 0 Å². The van der Waals surface area contributed by atoms with Gasteiger partial charge in [-0.15, -0.1) is 0 Å². The molecule has 84 valence electrons. The van der Waals surface area contributed by atoms with Crippen LogP contribution in [0.2, 0.25) is 0 Å². The number of nitrogens with one attached hydrogen (secondary N) is 1. The van der Waals surface area contributed by atoms with Gasteiger partial charge in [-0.05, 0) is 37.6 Å². The fraction of sp³-hybridized carbons (Fsp3) is 0.385. The number of hydrogen-bond donors (Lipinski definition) is 1. The van der Waals surface area contributed by atoms with Crippen LogP contribution in [0.15, 0.2) is 24.4 Å². The predicted molar refractivity (Wildman–Crippen MR) is 63.1 cm³/mol. The molecule has 1 saturated heterocycles. The second-order valence-electron chi connectivity index (χ2n) is 3.82. The highest BCUT2D eigenvalue weighted by Gasteiger charge is 2.24. The maximum atomic E-state index is 14.1. The topological polar surface area (TPSA) is 19.0 Å². The van der Waals surface area contributed by atoms with E-state index in [2.05, 4.69) is 4.98 Å². The van der Waals surface area contributed by atoms with E-state index in [1.165, 1.54) is 18.3 Å². The van der Waals surface area contributed by atoms with Crippen LogP contribution in [-0.4, -0.2) is 29.9 Å². The molecule has 1 aliphatic rings. The van der Waals surface area contributed by atoms with Crippen molar-refractivity contribution >= 4 is 10.9 Å². The van der Waals surface area contributed by atoms with Gasteiger partial charge in [0.05, 0.1) is 0 Å². The lowest BCUT2D eigenvalue weighted by Crippen LogP contribution is -2.13. The summed E-state index contributed by atoms with van der Waals surface area (Å²) < 4.78 is 61.2. The summed E-state index contributed by atoms with van der Waals surface area (Å²) in [7, 11) is 0. The molecule has 0 aliphatic carbocycles. The van der Waals surface area contributed by atoms with Crippen LogP contribution < -0.4 is 0 Å². The summed E-state index contributed by atoms with van der Waals surface area (Å²) >= 11 is 0. The zero-order chi connectivity index (χ0) is 16.3. The van der Waals surface area contributed by atoms with Gasteiger partial charge >= 0.3 is 0 Å². The molecule has 16 heavy (non-hydrogen) atoms. The van der Waals surface area contributed by atoms with Crippen molar-refractivity contribution in [2.45, 2.75) is 12.3 Å². The van der Waals surface area contributed by atoms with E-state index in [-0.39, 0.29) is 11.8 Å². The number of rotatable bonds is 1. The van der Waals surface area contributed by atoms with E-state index in [1.54, 1.807) is 6.07 Å². The SMILES string of the molecule is [2H]C([2H])N1C([2H])([2H])CC(c2c[nH]c3cccc(F)c23)C1([2H])[2H]. The molecule has 0 spiro atoms. The number of benzene rings is 1. The van der Waals surface area contributed by atoms with Crippen LogP contribution in [0, 0.1) is 5.82 Å². The largest absolute Gasteiger partial charge is 0.361 e. The number of nitrogens with zero attached hydrogens (tertiary/aromatic N) is 1. The Morgan fingerprint density at radius 2 is 2.56 bits per heavy atom. The predicted octanol–water partition coefficient (Wildman–Crippen LogP) is 2.73. The third-order valence-corrected chi connectivity index (χ3v) is 2.82. The van der Waals surface area contributed by atoms with E-state index in [0.717, 1.165) is 0 Å². The Bertz CT molecular complexity index is 714. The van der Waals surface area contributed by atoms with Crippen LogP contribution in [0.25, 0.3) is 10.9 Å². The molecular formula is C13H15FN2. The Labute approximate surface area is 102 Å². The normalized spacial score (nSPS) is 34.0. The summed E-state index contributed by atoms with van der Waals surface area (Å²) in [6.07, 6.45) is 1.24. The summed E-state index contributed by atoms with van der Waals surface area (Å²) in [6, 6.07) is 4.47. The summed E-state index contributed by atoms with van der Waals surface area (Å²) in [4.78, 5) is 3.46. The molecule has 2 aromatic rings. The minimum absolute atomic E-state index is 0.237. The highest BCUT2D eigenvalue weighted by Crippen LogP contribution is 2.33. The minimum Gasteiger partial charge on any atom is -0.361 e. The molecule has 1 aromatic heterocycles. The maximum absolute atomic E-state index is 14.1. The first-order valence-electron chi connectivity index (χ1n) is 8.21. The van der Waals surface area contributed by atoms with Crippen LogP contribution in [0.3, 0.4) is 0 Å². The molecule has 3 heteroatoms. The van der Waals surface area contributed by atoms with E-state index in [1.807, 2.05) is 0 Å². The molecule has 1 N–H and O–H groups in total. The van der Waals surface area contributed by atoms with E-state index < -0.39 is 31.7 Å². The summed E-state index contributed by atoms with van der Waals surface area (Å²) in [5.74, 6) is -1.47. The molecule has 0 bridgehead atoms. The molecule has 0 amide bonds. The van der Waals surface area contributed by atoms with Crippen molar-refractivity contribution in [3.05, 3.63) is 35.8 Å². The maximum Gasteiger partial charge on any atom is 0.132 e. The first-order valence-corrected chi connectivity index (χ1v) is 5.05. The number of likely N-dealkylation sites (tertiary alicyclic amines) is 1. The van der Waals surface area contributed by atoms with Gasteiger partial charge in [0.2, 0.25) is 0 Å². The fourth-order valence-electron chi connectivity index (χ4n) is 2.07. The number of likely N-dealkylation sites (N-methyl/N-ethyl adjacent to an activating group) is 1. The van der Waals surface area contributed by atoms with E-state index in [4.69, 9.17) is 8.22 Å². The third-order valence-electron chi connectivity index (χ3n) is 2.82. The second-order valence-corrected chi connectivity index (χ2v) is 3.82. The molecule has 1 aliphatic heterocycles. The van der Waals surface area contributed by atoms with Gasteiger partial charge in [-0.1, -0.05) is 6.07 Å². The summed E-state index contributed by atoms with van der Waals surface area (Å²) in [6.45, 7) is -6.18. The van der Waals surface area contributed by atoms with Gasteiger partial charge in [0.25, 0.3) is 0 Å². The van der Waals surface area contributed by atoms with Gasteiger partial charge in [0.15, 0.2) is 0 Å². The molecule has 1 unspecified atom stereocenters. The molecule has 1 aromatic carbocycles. The van der Waals surface area contributed by atoms with Crippen LogP contribution >= 0.6 is 0 Å². The van der Waals surface area contributed by atoms with Gasteiger partial charge in [-0.2, -0.15) is 0 Å². The van der Waals surface area contributed by atoms with Crippen molar-refractivity contribution < 1.29 is 12.6 Å². The first-order chi connectivity index (χ1) is 10.2. The molecule has 2 nitrogen and oxygen atoms in total. The number of fused-ring (bicyclic) bond motifs is 1. The van der Waals surface area contributed by atoms with Crippen molar-refractivity contribution in [2.24, 2.45) is 0 Å². The van der Waals surface area contributed by atoms with E-state index in [9.17, 15) is 4.39 Å². The number of hydrogen-bond acceptors (Lipinski definition) is 1. The molecule has 1 fully saturated rings. The van der Waals surface area contributed by atoms with Crippen LogP contribution in [0.5, 0.6) is 0 Å². The molecule has 3 rings (SSSR count). The lowest BCUT2D eigenvalue weighted by atomic mass is 9.98. The van der Waals surface area contributed by atoms with Gasteiger partial charge in [0.1, 0.15) is 5.82 Å². The summed E-state index contributed by atoms with van der Waals surface area (Å²) in [5, 5.41) is 0.237. The third kappa shape index (κ3) is 1.43. The van der Waals surface area contributed by atoms with Crippen LogP contribution in [0.4, 0.5) is 4.39 Å². The fourth-order valence-corrected chi connectivity index (χ4v) is 2.07. The Morgan fingerprint density at radius 3 is 3.38 bits per heavy atom. The Kier molecular flexibility index (Phi) is 1.20. The number of H-pyrrole nitrogens is 1. The molecular weight excluding hydrogens is 203 g/mol. The highest BCUT2D eigenvalue weighted by molar-refractivity contribution is 5.84. The lowest BCUT2D eigenvalue weighted by Gasteiger charge is -2.09. The zero-order valence-electron chi connectivity index (χ0n) is 14.5. The zero-order valence-corrected chi connectivity index (χ0v) is 8.50. The molecule has 1 atom stereocenters. The van der Waals surface area contributed by atoms with Gasteiger partial charge < -0.3 is 9.88 Å². The average molecular weight is 224 g/mol.